The second-order valence-electron chi connectivity index (χ2n) is 4.09. The number of anilines is 2. The minimum atomic E-state index is -0.260. The number of hydrogen-bond acceptors (Lipinski definition) is 3. The normalized spacial score (nSPS) is 10.5. The van der Waals surface area contributed by atoms with E-state index in [1.165, 1.54) is 22.6 Å². The van der Waals surface area contributed by atoms with E-state index >= 15 is 0 Å². The van der Waals surface area contributed by atoms with Crippen molar-refractivity contribution in [3.05, 3.63) is 45.9 Å². The zero-order valence-electron chi connectivity index (χ0n) is 9.90. The van der Waals surface area contributed by atoms with Crippen molar-refractivity contribution < 1.29 is 4.39 Å². The molecule has 0 bridgehead atoms. The predicted octanol–water partition coefficient (Wildman–Crippen LogP) is 3.41. The van der Waals surface area contributed by atoms with Gasteiger partial charge in [0.2, 0.25) is 0 Å². The first-order chi connectivity index (χ1) is 8.08. The van der Waals surface area contributed by atoms with Gasteiger partial charge in [-0.1, -0.05) is 0 Å². The highest BCUT2D eigenvalue weighted by Crippen LogP contribution is 2.26. The molecule has 0 atom stereocenters. The third-order valence-corrected chi connectivity index (χ3v) is 3.76. The molecule has 90 valence electrons. The SMILES string of the molecule is Cc1ccsc1CN(C)c1cc(F)ccc1N. The highest BCUT2D eigenvalue weighted by atomic mass is 32.1. The van der Waals surface area contributed by atoms with Gasteiger partial charge in [0.05, 0.1) is 17.9 Å². The number of benzene rings is 1. The molecule has 1 heterocycles. The van der Waals surface area contributed by atoms with Crippen molar-refractivity contribution in [1.82, 2.24) is 0 Å². The zero-order chi connectivity index (χ0) is 12.4. The molecular formula is C13H15FN2S. The largest absolute Gasteiger partial charge is 0.397 e. The van der Waals surface area contributed by atoms with E-state index < -0.39 is 0 Å². The van der Waals surface area contributed by atoms with Crippen LogP contribution in [0.3, 0.4) is 0 Å². The van der Waals surface area contributed by atoms with Crippen LogP contribution in [0, 0.1) is 12.7 Å². The zero-order valence-corrected chi connectivity index (χ0v) is 10.7. The van der Waals surface area contributed by atoms with Gasteiger partial charge in [-0.25, -0.2) is 4.39 Å². The fourth-order valence-corrected chi connectivity index (χ4v) is 2.67. The summed E-state index contributed by atoms with van der Waals surface area (Å²) in [7, 11) is 1.92. The van der Waals surface area contributed by atoms with E-state index in [9.17, 15) is 4.39 Å². The molecule has 0 aliphatic carbocycles. The van der Waals surface area contributed by atoms with Gasteiger partial charge < -0.3 is 10.6 Å². The predicted molar refractivity (Wildman–Crippen MR) is 72.0 cm³/mol. The van der Waals surface area contributed by atoms with Crippen molar-refractivity contribution in [3.8, 4) is 0 Å². The summed E-state index contributed by atoms with van der Waals surface area (Å²) in [5.41, 5.74) is 8.45. The van der Waals surface area contributed by atoms with Crippen molar-refractivity contribution in [2.45, 2.75) is 13.5 Å². The third kappa shape index (κ3) is 2.58. The van der Waals surface area contributed by atoms with Gasteiger partial charge in [-0.05, 0) is 42.1 Å². The van der Waals surface area contributed by atoms with Crippen LogP contribution < -0.4 is 10.6 Å². The van der Waals surface area contributed by atoms with Gasteiger partial charge in [-0.2, -0.15) is 0 Å². The lowest BCUT2D eigenvalue weighted by atomic mass is 10.2. The topological polar surface area (TPSA) is 29.3 Å². The van der Waals surface area contributed by atoms with E-state index in [-0.39, 0.29) is 5.82 Å². The number of thiophene rings is 1. The first kappa shape index (κ1) is 11.9. The third-order valence-electron chi connectivity index (χ3n) is 2.75. The molecule has 0 amide bonds. The number of rotatable bonds is 3. The summed E-state index contributed by atoms with van der Waals surface area (Å²) < 4.78 is 13.2. The number of halogens is 1. The second-order valence-corrected chi connectivity index (χ2v) is 5.09. The number of nitrogens with zero attached hydrogens (tertiary/aromatic N) is 1. The van der Waals surface area contributed by atoms with E-state index in [2.05, 4.69) is 18.4 Å². The second kappa shape index (κ2) is 4.75. The van der Waals surface area contributed by atoms with Crippen molar-refractivity contribution in [2.75, 3.05) is 17.7 Å². The van der Waals surface area contributed by atoms with Gasteiger partial charge in [0, 0.05) is 11.9 Å². The number of nitrogen functional groups attached to an aromatic ring is 1. The molecule has 2 rings (SSSR count). The van der Waals surface area contributed by atoms with E-state index in [4.69, 9.17) is 5.73 Å². The quantitative estimate of drug-likeness (QED) is 0.846. The molecule has 2 aromatic rings. The summed E-state index contributed by atoms with van der Waals surface area (Å²) in [5.74, 6) is -0.260. The first-order valence-corrected chi connectivity index (χ1v) is 6.25. The summed E-state index contributed by atoms with van der Waals surface area (Å²) >= 11 is 1.71. The Morgan fingerprint density at radius 1 is 1.35 bits per heavy atom. The molecular weight excluding hydrogens is 235 g/mol. The average molecular weight is 250 g/mol. The maximum absolute atomic E-state index is 13.2. The van der Waals surface area contributed by atoms with Gasteiger partial charge >= 0.3 is 0 Å². The van der Waals surface area contributed by atoms with Crippen molar-refractivity contribution in [3.63, 3.8) is 0 Å². The lowest BCUT2D eigenvalue weighted by Crippen LogP contribution is -2.17. The summed E-state index contributed by atoms with van der Waals surface area (Å²) in [6, 6.07) is 6.53. The van der Waals surface area contributed by atoms with Gasteiger partial charge in [-0.15, -0.1) is 11.3 Å². The Balaban J connectivity index is 2.23. The molecule has 1 aromatic carbocycles. The molecule has 0 saturated carbocycles. The average Bonchev–Trinajstić information content (AvgIpc) is 2.68. The van der Waals surface area contributed by atoms with Gasteiger partial charge in [-0.3, -0.25) is 0 Å². The number of nitrogens with two attached hydrogens (primary N) is 1. The fraction of sp³-hybridized carbons (Fsp3) is 0.231. The summed E-state index contributed by atoms with van der Waals surface area (Å²) in [6.07, 6.45) is 0. The molecule has 0 unspecified atom stereocenters. The lowest BCUT2D eigenvalue weighted by molar-refractivity contribution is 0.627. The molecule has 0 aliphatic heterocycles. The monoisotopic (exact) mass is 250 g/mol. The summed E-state index contributed by atoms with van der Waals surface area (Å²) in [6.45, 7) is 2.83. The van der Waals surface area contributed by atoms with Crippen molar-refractivity contribution in [1.29, 1.82) is 0 Å². The van der Waals surface area contributed by atoms with Crippen molar-refractivity contribution in [2.24, 2.45) is 0 Å². The molecule has 0 saturated heterocycles. The van der Waals surface area contributed by atoms with E-state index in [0.29, 0.717) is 5.69 Å². The van der Waals surface area contributed by atoms with Crippen LogP contribution in [-0.2, 0) is 6.54 Å². The van der Waals surface area contributed by atoms with Crippen LogP contribution >= 0.6 is 11.3 Å². The van der Waals surface area contributed by atoms with Crippen LogP contribution in [0.1, 0.15) is 10.4 Å². The van der Waals surface area contributed by atoms with Gasteiger partial charge in [0.15, 0.2) is 0 Å². The van der Waals surface area contributed by atoms with Crippen LogP contribution in [0.25, 0.3) is 0 Å². The molecule has 4 heteroatoms. The maximum atomic E-state index is 13.2. The molecule has 2 nitrogen and oxygen atoms in total. The van der Waals surface area contributed by atoms with E-state index in [1.54, 1.807) is 17.4 Å². The van der Waals surface area contributed by atoms with Crippen LogP contribution in [0.5, 0.6) is 0 Å². The molecule has 0 aliphatic rings. The number of aryl methyl sites for hydroxylation is 1. The highest BCUT2D eigenvalue weighted by molar-refractivity contribution is 7.10. The lowest BCUT2D eigenvalue weighted by Gasteiger charge is -2.20. The van der Waals surface area contributed by atoms with Crippen LogP contribution in [0.2, 0.25) is 0 Å². The Morgan fingerprint density at radius 2 is 2.12 bits per heavy atom. The summed E-state index contributed by atoms with van der Waals surface area (Å²) in [4.78, 5) is 3.24. The first-order valence-electron chi connectivity index (χ1n) is 5.37. The molecule has 2 N–H and O–H groups in total. The molecule has 1 aromatic heterocycles. The summed E-state index contributed by atoms with van der Waals surface area (Å²) in [5, 5.41) is 2.06. The molecule has 0 spiro atoms. The molecule has 0 radical (unpaired) electrons. The molecule has 0 fully saturated rings. The smallest absolute Gasteiger partial charge is 0.125 e. The van der Waals surface area contributed by atoms with Crippen LogP contribution in [0.15, 0.2) is 29.6 Å². The fourth-order valence-electron chi connectivity index (χ4n) is 1.71. The van der Waals surface area contributed by atoms with Crippen LogP contribution in [0.4, 0.5) is 15.8 Å². The Morgan fingerprint density at radius 3 is 2.76 bits per heavy atom. The molecule has 17 heavy (non-hydrogen) atoms. The van der Waals surface area contributed by atoms with E-state index in [0.717, 1.165) is 12.2 Å². The standard InChI is InChI=1S/C13H15FN2S/c1-9-5-6-17-13(9)8-16(2)12-7-10(14)3-4-11(12)15/h3-7H,8,15H2,1-2H3. The Labute approximate surface area is 104 Å². The minimum Gasteiger partial charge on any atom is -0.397 e. The van der Waals surface area contributed by atoms with Gasteiger partial charge in [0.25, 0.3) is 0 Å². The Hall–Kier alpha value is -1.55. The Kier molecular flexibility index (Phi) is 3.33. The maximum Gasteiger partial charge on any atom is 0.125 e. The van der Waals surface area contributed by atoms with Crippen molar-refractivity contribution >= 4 is 22.7 Å². The van der Waals surface area contributed by atoms with Gasteiger partial charge in [0.1, 0.15) is 5.82 Å². The highest BCUT2D eigenvalue weighted by Gasteiger charge is 2.09. The Bertz CT molecular complexity index is 522. The van der Waals surface area contributed by atoms with Crippen LogP contribution in [-0.4, -0.2) is 7.05 Å². The minimum absolute atomic E-state index is 0.260. The van der Waals surface area contributed by atoms with E-state index in [1.807, 2.05) is 11.9 Å². The number of hydrogen-bond donors (Lipinski definition) is 1.